The first-order valence-corrected chi connectivity index (χ1v) is 11.5. The summed E-state index contributed by atoms with van der Waals surface area (Å²) in [5.41, 5.74) is 0. The number of hydrogen-bond acceptors (Lipinski definition) is 2. The quantitative estimate of drug-likeness (QED) is 0.655. The fraction of sp³-hybridized carbons (Fsp3) is 1.00. The molecule has 0 heterocycles. The summed E-state index contributed by atoms with van der Waals surface area (Å²) in [6.07, 6.45) is 0. The van der Waals surface area contributed by atoms with Gasteiger partial charge in [-0.2, -0.15) is 0 Å². The summed E-state index contributed by atoms with van der Waals surface area (Å²) in [4.78, 5) is 4.80. The van der Waals surface area contributed by atoms with Gasteiger partial charge in [0.15, 0.2) is 0 Å². The minimum atomic E-state index is -1.89. The SMILES string of the molecule is C[N](C)[Sn]([CH3])([CH3])[N](C)C. The molecule has 0 saturated carbocycles. The molecule has 0 aromatic rings. The van der Waals surface area contributed by atoms with Crippen LogP contribution < -0.4 is 0 Å². The molecule has 2 nitrogen and oxygen atoms in total. The molecule has 0 aliphatic rings. The van der Waals surface area contributed by atoms with Crippen molar-refractivity contribution in [3.05, 3.63) is 0 Å². The van der Waals surface area contributed by atoms with Crippen molar-refractivity contribution in [1.82, 2.24) is 6.24 Å². The van der Waals surface area contributed by atoms with Crippen molar-refractivity contribution in [1.29, 1.82) is 0 Å². The van der Waals surface area contributed by atoms with Gasteiger partial charge in [0, 0.05) is 0 Å². The van der Waals surface area contributed by atoms with Gasteiger partial charge in [-0.25, -0.2) is 0 Å². The van der Waals surface area contributed by atoms with Crippen LogP contribution in [0.3, 0.4) is 0 Å². The third kappa shape index (κ3) is 2.43. The Morgan fingerprint density at radius 2 is 1.00 bits per heavy atom. The molecule has 0 fully saturated rings. The Balaban J connectivity index is 4.01. The van der Waals surface area contributed by atoms with Crippen molar-refractivity contribution in [2.75, 3.05) is 28.2 Å². The van der Waals surface area contributed by atoms with Crippen molar-refractivity contribution >= 4 is 18.9 Å². The fourth-order valence-electron chi connectivity index (χ4n) is 0.400. The molecule has 0 rings (SSSR count). The van der Waals surface area contributed by atoms with Crippen LogP contribution in [0, 0.1) is 0 Å². The van der Waals surface area contributed by atoms with E-state index in [2.05, 4.69) is 44.3 Å². The summed E-state index contributed by atoms with van der Waals surface area (Å²) in [5.74, 6) is 0. The summed E-state index contributed by atoms with van der Waals surface area (Å²) in [7, 11) is 8.71. The topological polar surface area (TPSA) is 6.48 Å². The van der Waals surface area contributed by atoms with Gasteiger partial charge >= 0.3 is 63.2 Å². The Labute approximate surface area is 63.4 Å². The molecule has 0 amide bonds. The van der Waals surface area contributed by atoms with Gasteiger partial charge in [0.05, 0.1) is 0 Å². The second kappa shape index (κ2) is 3.21. The third-order valence-corrected chi connectivity index (χ3v) is 14.7. The van der Waals surface area contributed by atoms with Crippen LogP contribution in [0.4, 0.5) is 0 Å². The van der Waals surface area contributed by atoms with Crippen LogP contribution >= 0.6 is 0 Å². The second-order valence-corrected chi connectivity index (χ2v) is 16.9. The Morgan fingerprint density at radius 1 is 0.778 bits per heavy atom. The van der Waals surface area contributed by atoms with E-state index in [-0.39, 0.29) is 0 Å². The van der Waals surface area contributed by atoms with E-state index in [9.17, 15) is 0 Å². The maximum absolute atomic E-state index is 2.40. The summed E-state index contributed by atoms with van der Waals surface area (Å²) >= 11 is -1.89. The van der Waals surface area contributed by atoms with Crippen LogP contribution in [-0.2, 0) is 0 Å². The average molecular weight is 237 g/mol. The van der Waals surface area contributed by atoms with Gasteiger partial charge in [-0.1, -0.05) is 0 Å². The van der Waals surface area contributed by atoms with E-state index >= 15 is 0 Å². The molecule has 0 saturated heterocycles. The van der Waals surface area contributed by atoms with Crippen molar-refractivity contribution < 1.29 is 0 Å². The number of hydrogen-bond donors (Lipinski definition) is 0. The average Bonchev–Trinajstić information content (AvgIpc) is 1.65. The summed E-state index contributed by atoms with van der Waals surface area (Å²) in [6, 6.07) is 0. The molecule has 0 aromatic heterocycles. The van der Waals surface area contributed by atoms with Crippen LogP contribution in [0.5, 0.6) is 0 Å². The van der Waals surface area contributed by atoms with Crippen LogP contribution in [-0.4, -0.2) is 53.4 Å². The Hall–Kier alpha value is 0.719. The van der Waals surface area contributed by atoms with Crippen LogP contribution in [0.15, 0.2) is 0 Å². The Kier molecular flexibility index (Phi) is 3.47. The van der Waals surface area contributed by atoms with E-state index in [4.69, 9.17) is 0 Å². The standard InChI is InChI=1S/2C2H6N.2CH3.Sn/c2*1-3-2;;;/h2*1-2H3;2*1H3;/q2*-1;;;+2. The molecule has 0 N–H and O–H groups in total. The predicted octanol–water partition coefficient (Wildman–Crippen LogP) is 0.811. The molecule has 0 spiro atoms. The van der Waals surface area contributed by atoms with Crippen molar-refractivity contribution in [3.63, 3.8) is 0 Å². The molecule has 56 valence electrons. The zero-order valence-electron chi connectivity index (χ0n) is 7.39. The zero-order chi connectivity index (χ0) is 7.65. The number of rotatable bonds is 2. The van der Waals surface area contributed by atoms with Gasteiger partial charge in [0.1, 0.15) is 0 Å². The molecule has 0 radical (unpaired) electrons. The molecule has 0 aliphatic heterocycles. The Morgan fingerprint density at radius 3 is 1.00 bits per heavy atom. The van der Waals surface area contributed by atoms with E-state index in [0.717, 1.165) is 0 Å². The van der Waals surface area contributed by atoms with Gasteiger partial charge in [0.25, 0.3) is 0 Å². The third-order valence-electron chi connectivity index (χ3n) is 2.19. The molecule has 0 aliphatic carbocycles. The van der Waals surface area contributed by atoms with Crippen LogP contribution in [0.2, 0.25) is 9.88 Å². The van der Waals surface area contributed by atoms with Crippen LogP contribution in [0.1, 0.15) is 0 Å². The summed E-state index contributed by atoms with van der Waals surface area (Å²) in [6.45, 7) is 0. The van der Waals surface area contributed by atoms with Gasteiger partial charge in [-0.15, -0.1) is 0 Å². The van der Waals surface area contributed by atoms with E-state index in [1.807, 2.05) is 0 Å². The van der Waals surface area contributed by atoms with Gasteiger partial charge in [-0.3, -0.25) is 0 Å². The van der Waals surface area contributed by atoms with E-state index < -0.39 is 18.9 Å². The Bertz CT molecular complexity index is 79.1. The molecule has 0 unspecified atom stereocenters. The van der Waals surface area contributed by atoms with Gasteiger partial charge < -0.3 is 0 Å². The van der Waals surface area contributed by atoms with Crippen molar-refractivity contribution in [2.45, 2.75) is 9.88 Å². The molecule has 0 bridgehead atoms. The van der Waals surface area contributed by atoms with E-state index in [0.29, 0.717) is 0 Å². The van der Waals surface area contributed by atoms with Gasteiger partial charge in [0.2, 0.25) is 0 Å². The summed E-state index contributed by atoms with van der Waals surface area (Å²) < 4.78 is 4.80. The molecule has 0 atom stereocenters. The molecular weight excluding hydrogens is 219 g/mol. The second-order valence-electron chi connectivity index (χ2n) is 3.28. The van der Waals surface area contributed by atoms with E-state index in [1.165, 1.54) is 0 Å². The van der Waals surface area contributed by atoms with Crippen LogP contribution in [0.25, 0.3) is 0 Å². The molecule has 9 heavy (non-hydrogen) atoms. The zero-order valence-corrected chi connectivity index (χ0v) is 10.2. The van der Waals surface area contributed by atoms with E-state index in [1.54, 1.807) is 0 Å². The first-order chi connectivity index (χ1) is 3.89. The number of nitrogens with zero attached hydrogens (tertiary/aromatic N) is 2. The monoisotopic (exact) mass is 238 g/mol. The first kappa shape index (κ1) is 9.72. The summed E-state index contributed by atoms with van der Waals surface area (Å²) in [5, 5.41) is 0. The van der Waals surface area contributed by atoms with Gasteiger partial charge in [-0.05, 0) is 0 Å². The predicted molar refractivity (Wildman–Crippen MR) is 44.9 cm³/mol. The fourth-order valence-corrected chi connectivity index (χ4v) is 2.68. The normalized spacial score (nSPS) is 13.3. The first-order valence-electron chi connectivity index (χ1n) is 3.24. The molecule has 0 aromatic carbocycles. The minimum absolute atomic E-state index is 1.89. The molecule has 3 heteroatoms. The molecular formula is C6H18N2Sn. The van der Waals surface area contributed by atoms with Crippen molar-refractivity contribution in [2.24, 2.45) is 0 Å². The van der Waals surface area contributed by atoms with Crippen molar-refractivity contribution in [3.8, 4) is 0 Å². The maximum atomic E-state index is 2.40.